The molecule has 1 saturated heterocycles. The van der Waals surface area contributed by atoms with Crippen molar-refractivity contribution in [2.45, 2.75) is 12.5 Å². The lowest BCUT2D eigenvalue weighted by molar-refractivity contribution is 0.0457. The second-order valence-electron chi connectivity index (χ2n) is 5.15. The zero-order valence-electron chi connectivity index (χ0n) is 10.9. The lowest BCUT2D eigenvalue weighted by Crippen LogP contribution is -2.45. The van der Waals surface area contributed by atoms with Crippen LogP contribution in [0.5, 0.6) is 0 Å². The number of rotatable bonds is 1. The first kappa shape index (κ1) is 12.4. The topological polar surface area (TPSA) is 81.2 Å². The van der Waals surface area contributed by atoms with Crippen LogP contribution in [0.15, 0.2) is 24.5 Å². The first-order valence-corrected chi connectivity index (χ1v) is 6.94. The summed E-state index contributed by atoms with van der Waals surface area (Å²) in [4.78, 5) is 30.1. The lowest BCUT2D eigenvalue weighted by Gasteiger charge is -2.39. The van der Waals surface area contributed by atoms with E-state index in [-0.39, 0.29) is 17.6 Å². The van der Waals surface area contributed by atoms with Gasteiger partial charge < -0.3 is 10.6 Å². The molecule has 2 aliphatic heterocycles. The molecule has 1 fully saturated rings. The molecule has 2 aromatic rings. The number of hydrogen-bond acceptors (Lipinski definition) is 3. The molecule has 0 saturated carbocycles. The molecule has 0 unspecified atom stereocenters. The van der Waals surface area contributed by atoms with Crippen molar-refractivity contribution in [3.63, 3.8) is 0 Å². The van der Waals surface area contributed by atoms with Crippen LogP contribution in [0.3, 0.4) is 0 Å². The lowest BCUT2D eigenvalue weighted by atomic mass is 9.97. The predicted octanol–water partition coefficient (Wildman–Crippen LogP) is 1.53. The number of nitrogens with zero attached hydrogens (tertiary/aromatic N) is 3. The van der Waals surface area contributed by atoms with Crippen LogP contribution in [-0.2, 0) is 0 Å². The van der Waals surface area contributed by atoms with Gasteiger partial charge in [-0.15, -0.1) is 0 Å². The number of primary amides is 1. The first-order chi connectivity index (χ1) is 10.1. The van der Waals surface area contributed by atoms with Gasteiger partial charge in [-0.25, -0.2) is 4.98 Å². The summed E-state index contributed by atoms with van der Waals surface area (Å²) in [6, 6.07) is 5.07. The summed E-state index contributed by atoms with van der Waals surface area (Å²) in [7, 11) is 0. The average molecular weight is 303 g/mol. The van der Waals surface area contributed by atoms with Crippen LogP contribution >= 0.6 is 11.6 Å². The van der Waals surface area contributed by atoms with Crippen LogP contribution < -0.4 is 5.73 Å². The van der Waals surface area contributed by atoms with Crippen LogP contribution in [0.2, 0.25) is 5.02 Å². The van der Waals surface area contributed by atoms with E-state index in [1.807, 2.05) is 0 Å². The normalized spacial score (nSPS) is 19.2. The molecule has 0 radical (unpaired) electrons. The number of carbonyl (C=O) groups excluding carboxylic acids is 2. The number of halogens is 1. The number of carbonyl (C=O) groups is 2. The smallest absolute Gasteiger partial charge is 0.269 e. The SMILES string of the molecule is NC(=O)c1ncn2c1[C@@H]1CCN1C(=O)c1c(Cl)cccc1-2. The molecule has 0 spiro atoms. The van der Waals surface area contributed by atoms with Gasteiger partial charge in [0, 0.05) is 6.54 Å². The summed E-state index contributed by atoms with van der Waals surface area (Å²) in [5, 5.41) is 0.394. The van der Waals surface area contributed by atoms with Crippen molar-refractivity contribution in [2.75, 3.05) is 6.54 Å². The highest BCUT2D eigenvalue weighted by Gasteiger charge is 2.42. The highest BCUT2D eigenvalue weighted by atomic mass is 35.5. The maximum absolute atomic E-state index is 12.7. The summed E-state index contributed by atoms with van der Waals surface area (Å²) >= 11 is 6.21. The minimum atomic E-state index is -0.589. The van der Waals surface area contributed by atoms with Gasteiger partial charge in [-0.2, -0.15) is 0 Å². The Kier molecular flexibility index (Phi) is 2.41. The zero-order chi connectivity index (χ0) is 14.7. The number of amides is 2. The van der Waals surface area contributed by atoms with Gasteiger partial charge in [-0.05, 0) is 18.6 Å². The Hall–Kier alpha value is -2.34. The van der Waals surface area contributed by atoms with E-state index in [0.29, 0.717) is 28.5 Å². The van der Waals surface area contributed by atoms with E-state index in [9.17, 15) is 9.59 Å². The molecule has 2 amide bonds. The van der Waals surface area contributed by atoms with E-state index < -0.39 is 5.91 Å². The average Bonchev–Trinajstić information content (AvgIpc) is 2.78. The first-order valence-electron chi connectivity index (χ1n) is 6.56. The predicted molar refractivity (Wildman–Crippen MR) is 75.5 cm³/mol. The van der Waals surface area contributed by atoms with Crippen LogP contribution in [0.1, 0.15) is 39.0 Å². The molecule has 2 aliphatic rings. The van der Waals surface area contributed by atoms with Crippen molar-refractivity contribution in [3.8, 4) is 5.69 Å². The number of imidazole rings is 1. The Balaban J connectivity index is 2.07. The largest absolute Gasteiger partial charge is 0.364 e. The second-order valence-corrected chi connectivity index (χ2v) is 5.56. The third-order valence-electron chi connectivity index (χ3n) is 4.10. The molecule has 6 nitrogen and oxygen atoms in total. The van der Waals surface area contributed by atoms with Gasteiger partial charge in [0.1, 0.15) is 6.33 Å². The molecule has 106 valence electrons. The van der Waals surface area contributed by atoms with E-state index >= 15 is 0 Å². The molecule has 2 N–H and O–H groups in total. The molecule has 1 aromatic carbocycles. The monoisotopic (exact) mass is 302 g/mol. The number of fused-ring (bicyclic) bond motifs is 5. The van der Waals surface area contributed by atoms with Crippen molar-refractivity contribution in [2.24, 2.45) is 5.73 Å². The standard InChI is InChI=1S/C14H11ClN4O2/c15-7-2-1-3-8-10(7)14(21)18-5-4-9(18)12-11(13(16)20)17-6-19(8)12/h1-3,6,9H,4-5H2,(H2,16,20)/t9-/m0/s1. The van der Waals surface area contributed by atoms with E-state index in [2.05, 4.69) is 4.98 Å². The van der Waals surface area contributed by atoms with Crippen molar-refractivity contribution < 1.29 is 9.59 Å². The summed E-state index contributed by atoms with van der Waals surface area (Å²) in [5.74, 6) is -0.709. The molecule has 0 aliphatic carbocycles. The van der Waals surface area contributed by atoms with Crippen molar-refractivity contribution >= 4 is 23.4 Å². The minimum Gasteiger partial charge on any atom is -0.364 e. The van der Waals surface area contributed by atoms with Gasteiger partial charge in [0.15, 0.2) is 5.69 Å². The summed E-state index contributed by atoms with van der Waals surface area (Å²) in [5.41, 5.74) is 7.36. The molecule has 1 aromatic heterocycles. The zero-order valence-corrected chi connectivity index (χ0v) is 11.7. The second kappa shape index (κ2) is 4.08. The molecular weight excluding hydrogens is 292 g/mol. The molecule has 1 atom stereocenters. The number of benzene rings is 1. The quantitative estimate of drug-likeness (QED) is 0.867. The summed E-state index contributed by atoms with van der Waals surface area (Å²) < 4.78 is 1.75. The highest BCUT2D eigenvalue weighted by molar-refractivity contribution is 6.34. The molecule has 4 rings (SSSR count). The minimum absolute atomic E-state index is 0.119. The highest BCUT2D eigenvalue weighted by Crippen LogP contribution is 2.42. The van der Waals surface area contributed by atoms with E-state index in [0.717, 1.165) is 6.42 Å². The Labute approximate surface area is 125 Å². The number of hydrogen-bond donors (Lipinski definition) is 1. The number of nitrogens with two attached hydrogens (primary N) is 1. The summed E-state index contributed by atoms with van der Waals surface area (Å²) in [6.07, 6.45) is 2.31. The van der Waals surface area contributed by atoms with E-state index in [1.165, 1.54) is 6.33 Å². The van der Waals surface area contributed by atoms with Crippen molar-refractivity contribution in [3.05, 3.63) is 46.5 Å². The molecule has 21 heavy (non-hydrogen) atoms. The number of aromatic nitrogens is 2. The third-order valence-corrected chi connectivity index (χ3v) is 4.41. The van der Waals surface area contributed by atoms with Gasteiger partial charge in [0.05, 0.1) is 28.0 Å². The van der Waals surface area contributed by atoms with Crippen LogP contribution in [0, 0.1) is 0 Å². The Morgan fingerprint density at radius 1 is 1.43 bits per heavy atom. The Bertz CT molecular complexity index is 798. The van der Waals surface area contributed by atoms with Crippen LogP contribution in [0.4, 0.5) is 0 Å². The van der Waals surface area contributed by atoms with Crippen LogP contribution in [0.25, 0.3) is 5.69 Å². The maximum Gasteiger partial charge on any atom is 0.269 e. The Morgan fingerprint density at radius 3 is 2.90 bits per heavy atom. The molecule has 3 heterocycles. The fourth-order valence-corrected chi connectivity index (χ4v) is 3.29. The van der Waals surface area contributed by atoms with Gasteiger partial charge in [-0.3, -0.25) is 14.2 Å². The molecular formula is C14H11ClN4O2. The molecule has 7 heteroatoms. The Morgan fingerprint density at radius 2 is 2.24 bits per heavy atom. The van der Waals surface area contributed by atoms with Crippen molar-refractivity contribution in [1.82, 2.24) is 14.5 Å². The van der Waals surface area contributed by atoms with Crippen molar-refractivity contribution in [1.29, 1.82) is 0 Å². The third kappa shape index (κ3) is 1.50. The fourth-order valence-electron chi connectivity index (χ4n) is 3.04. The van der Waals surface area contributed by atoms with Crippen LogP contribution in [-0.4, -0.2) is 32.8 Å². The van der Waals surface area contributed by atoms with Gasteiger partial charge in [0.2, 0.25) is 0 Å². The summed E-state index contributed by atoms with van der Waals surface area (Å²) in [6.45, 7) is 0.636. The fraction of sp³-hybridized carbons (Fsp3) is 0.214. The maximum atomic E-state index is 12.7. The van der Waals surface area contributed by atoms with E-state index in [4.69, 9.17) is 17.3 Å². The van der Waals surface area contributed by atoms with E-state index in [1.54, 1.807) is 27.7 Å². The van der Waals surface area contributed by atoms with Gasteiger partial charge >= 0.3 is 0 Å². The molecule has 0 bridgehead atoms. The van der Waals surface area contributed by atoms with Gasteiger partial charge in [0.25, 0.3) is 11.8 Å². The van der Waals surface area contributed by atoms with Gasteiger partial charge in [-0.1, -0.05) is 17.7 Å².